The Morgan fingerprint density at radius 1 is 1.14 bits per heavy atom. The first-order chi connectivity index (χ1) is 14.2. The average molecular weight is 396 g/mol. The van der Waals surface area contributed by atoms with Crippen LogP contribution in [0, 0.1) is 0 Å². The summed E-state index contributed by atoms with van der Waals surface area (Å²) in [6.45, 7) is 8.72. The molecule has 1 fully saturated rings. The third-order valence-corrected chi connectivity index (χ3v) is 5.60. The number of ether oxygens (including phenoxy) is 1. The fourth-order valence-corrected chi connectivity index (χ4v) is 3.82. The number of anilines is 1. The SMILES string of the molecule is CCc1cc(N2CCCN(Cc3nc(C(C)OC)no3)CC2)c2ccccc2n1. The van der Waals surface area contributed by atoms with E-state index in [2.05, 4.69) is 57.2 Å². The number of para-hydroxylation sites is 1. The lowest BCUT2D eigenvalue weighted by Gasteiger charge is -2.25. The van der Waals surface area contributed by atoms with Crippen LogP contribution in [-0.4, -0.2) is 53.3 Å². The van der Waals surface area contributed by atoms with Crippen LogP contribution in [0.2, 0.25) is 0 Å². The van der Waals surface area contributed by atoms with Gasteiger partial charge in [0.25, 0.3) is 0 Å². The molecule has 7 nitrogen and oxygen atoms in total. The number of rotatable bonds is 6. The first-order valence-electron chi connectivity index (χ1n) is 10.4. The Morgan fingerprint density at radius 3 is 2.83 bits per heavy atom. The van der Waals surface area contributed by atoms with Gasteiger partial charge in [-0.1, -0.05) is 30.3 Å². The molecule has 1 aliphatic heterocycles. The van der Waals surface area contributed by atoms with Crippen molar-refractivity contribution in [3.8, 4) is 0 Å². The second-order valence-corrected chi connectivity index (χ2v) is 7.54. The van der Waals surface area contributed by atoms with E-state index in [1.165, 1.54) is 11.1 Å². The van der Waals surface area contributed by atoms with E-state index in [1.807, 2.05) is 6.92 Å². The van der Waals surface area contributed by atoms with E-state index in [4.69, 9.17) is 14.2 Å². The summed E-state index contributed by atoms with van der Waals surface area (Å²) in [6.07, 6.45) is 1.88. The van der Waals surface area contributed by atoms with Gasteiger partial charge >= 0.3 is 0 Å². The molecule has 1 aromatic carbocycles. The Morgan fingerprint density at radius 2 is 2.00 bits per heavy atom. The number of pyridine rings is 1. The van der Waals surface area contributed by atoms with Crippen LogP contribution in [0.25, 0.3) is 10.9 Å². The zero-order valence-corrected chi connectivity index (χ0v) is 17.5. The van der Waals surface area contributed by atoms with Gasteiger partial charge in [-0.2, -0.15) is 4.98 Å². The molecule has 1 saturated heterocycles. The maximum Gasteiger partial charge on any atom is 0.240 e. The molecule has 0 radical (unpaired) electrons. The fraction of sp³-hybridized carbons (Fsp3) is 0.500. The van der Waals surface area contributed by atoms with Crippen molar-refractivity contribution in [2.24, 2.45) is 0 Å². The molecule has 1 atom stereocenters. The zero-order chi connectivity index (χ0) is 20.2. The minimum atomic E-state index is -0.153. The van der Waals surface area contributed by atoms with E-state index in [0.717, 1.165) is 50.2 Å². The minimum Gasteiger partial charge on any atom is -0.374 e. The van der Waals surface area contributed by atoms with E-state index < -0.39 is 0 Å². The van der Waals surface area contributed by atoms with Crippen LogP contribution < -0.4 is 4.90 Å². The third kappa shape index (κ3) is 4.41. The van der Waals surface area contributed by atoms with Crippen LogP contribution >= 0.6 is 0 Å². The van der Waals surface area contributed by atoms with Gasteiger partial charge in [-0.15, -0.1) is 0 Å². The second-order valence-electron chi connectivity index (χ2n) is 7.54. The van der Waals surface area contributed by atoms with E-state index in [1.54, 1.807) is 7.11 Å². The summed E-state index contributed by atoms with van der Waals surface area (Å²) >= 11 is 0. The molecule has 3 heterocycles. The van der Waals surface area contributed by atoms with Gasteiger partial charge in [0.15, 0.2) is 5.82 Å². The van der Waals surface area contributed by atoms with Crippen molar-refractivity contribution in [1.82, 2.24) is 20.0 Å². The molecule has 154 valence electrons. The largest absolute Gasteiger partial charge is 0.374 e. The summed E-state index contributed by atoms with van der Waals surface area (Å²) in [7, 11) is 1.65. The van der Waals surface area contributed by atoms with Crippen LogP contribution in [0.15, 0.2) is 34.9 Å². The molecule has 0 N–H and O–H groups in total. The van der Waals surface area contributed by atoms with Crippen LogP contribution in [-0.2, 0) is 17.7 Å². The highest BCUT2D eigenvalue weighted by Gasteiger charge is 2.20. The van der Waals surface area contributed by atoms with Gasteiger partial charge in [0.1, 0.15) is 6.10 Å². The normalized spacial score (nSPS) is 16.9. The van der Waals surface area contributed by atoms with Crippen molar-refractivity contribution >= 4 is 16.6 Å². The summed E-state index contributed by atoms with van der Waals surface area (Å²) in [5.41, 5.74) is 3.52. The molecule has 0 amide bonds. The van der Waals surface area contributed by atoms with E-state index >= 15 is 0 Å². The third-order valence-electron chi connectivity index (χ3n) is 5.60. The fourth-order valence-electron chi connectivity index (χ4n) is 3.82. The highest BCUT2D eigenvalue weighted by Crippen LogP contribution is 2.28. The lowest BCUT2D eigenvalue weighted by molar-refractivity contribution is 0.109. The van der Waals surface area contributed by atoms with Crippen molar-refractivity contribution in [3.63, 3.8) is 0 Å². The van der Waals surface area contributed by atoms with Crippen molar-refractivity contribution < 1.29 is 9.26 Å². The van der Waals surface area contributed by atoms with Crippen LogP contribution in [0.5, 0.6) is 0 Å². The molecule has 0 spiro atoms. The smallest absolute Gasteiger partial charge is 0.240 e. The monoisotopic (exact) mass is 395 g/mol. The number of nitrogens with zero attached hydrogens (tertiary/aromatic N) is 5. The Labute approximate surface area is 171 Å². The maximum absolute atomic E-state index is 5.43. The molecule has 3 aromatic rings. The molecule has 0 aliphatic carbocycles. The Hall–Kier alpha value is -2.51. The number of aromatic nitrogens is 3. The summed E-state index contributed by atoms with van der Waals surface area (Å²) in [5, 5.41) is 5.27. The molecule has 4 rings (SSSR count). The van der Waals surface area contributed by atoms with Crippen molar-refractivity contribution in [1.29, 1.82) is 0 Å². The van der Waals surface area contributed by atoms with Crippen molar-refractivity contribution in [2.45, 2.75) is 39.3 Å². The average Bonchev–Trinajstić information content (AvgIpc) is 3.10. The first-order valence-corrected chi connectivity index (χ1v) is 10.4. The number of benzene rings is 1. The topological polar surface area (TPSA) is 67.5 Å². The highest BCUT2D eigenvalue weighted by molar-refractivity contribution is 5.92. The Kier molecular flexibility index (Phi) is 6.06. The van der Waals surface area contributed by atoms with Crippen LogP contribution in [0.1, 0.15) is 43.8 Å². The van der Waals surface area contributed by atoms with E-state index in [0.29, 0.717) is 18.3 Å². The summed E-state index contributed by atoms with van der Waals surface area (Å²) in [4.78, 5) is 14.2. The molecular formula is C22H29N5O2. The van der Waals surface area contributed by atoms with Crippen LogP contribution in [0.3, 0.4) is 0 Å². The standard InChI is InChI=1S/C22H29N5O2/c1-4-17-14-20(18-8-5-6-9-19(18)23-17)27-11-7-10-26(12-13-27)15-21-24-22(25-29-21)16(2)28-3/h5-6,8-9,14,16H,4,7,10-13,15H2,1-3H3. The number of fused-ring (bicyclic) bond motifs is 1. The predicted molar refractivity (Wildman–Crippen MR) is 113 cm³/mol. The van der Waals surface area contributed by atoms with Crippen molar-refractivity contribution in [2.75, 3.05) is 38.2 Å². The predicted octanol–water partition coefficient (Wildman–Crippen LogP) is 3.60. The van der Waals surface area contributed by atoms with Gasteiger partial charge < -0.3 is 14.2 Å². The molecule has 29 heavy (non-hydrogen) atoms. The molecular weight excluding hydrogens is 366 g/mol. The van der Waals surface area contributed by atoms with Crippen LogP contribution in [0.4, 0.5) is 5.69 Å². The van der Waals surface area contributed by atoms with Crippen molar-refractivity contribution in [3.05, 3.63) is 47.7 Å². The lowest BCUT2D eigenvalue weighted by Crippen LogP contribution is -2.30. The Bertz CT molecular complexity index is 957. The highest BCUT2D eigenvalue weighted by atomic mass is 16.5. The molecule has 2 aromatic heterocycles. The van der Waals surface area contributed by atoms with Gasteiger partial charge in [0, 0.05) is 50.1 Å². The quantitative estimate of drug-likeness (QED) is 0.632. The lowest BCUT2D eigenvalue weighted by atomic mass is 10.1. The van der Waals surface area contributed by atoms with Gasteiger partial charge in [-0.05, 0) is 31.9 Å². The van der Waals surface area contributed by atoms with Gasteiger partial charge in [0.2, 0.25) is 5.89 Å². The molecule has 1 unspecified atom stereocenters. The van der Waals surface area contributed by atoms with Gasteiger partial charge in [0.05, 0.1) is 12.1 Å². The summed E-state index contributed by atoms with van der Waals surface area (Å²) in [5.74, 6) is 1.26. The second kappa shape index (κ2) is 8.88. The summed E-state index contributed by atoms with van der Waals surface area (Å²) < 4.78 is 10.7. The number of hydrogen-bond acceptors (Lipinski definition) is 7. The Balaban J connectivity index is 1.48. The van der Waals surface area contributed by atoms with Gasteiger partial charge in [-0.25, -0.2) is 0 Å². The molecule has 7 heteroatoms. The number of methoxy groups -OCH3 is 1. The molecule has 0 bridgehead atoms. The maximum atomic E-state index is 5.43. The molecule has 0 saturated carbocycles. The molecule has 1 aliphatic rings. The summed E-state index contributed by atoms with van der Waals surface area (Å²) in [6, 6.07) is 10.7. The zero-order valence-electron chi connectivity index (χ0n) is 17.5. The first kappa shape index (κ1) is 19.8. The minimum absolute atomic E-state index is 0.153. The van der Waals surface area contributed by atoms with E-state index in [9.17, 15) is 0 Å². The number of hydrogen-bond donors (Lipinski definition) is 0. The van der Waals surface area contributed by atoms with E-state index in [-0.39, 0.29) is 6.10 Å². The van der Waals surface area contributed by atoms with Gasteiger partial charge in [-0.3, -0.25) is 9.88 Å². The number of aryl methyl sites for hydroxylation is 1.